The number of fused-ring (bicyclic) bond motifs is 9. The van der Waals surface area contributed by atoms with E-state index in [1.165, 1.54) is 64.7 Å². The minimum absolute atomic E-state index is 0.473. The van der Waals surface area contributed by atoms with Crippen LogP contribution in [0.1, 0.15) is 22.3 Å². The molecule has 1 aliphatic carbocycles. The molecule has 3 heteroatoms. The monoisotopic (exact) mass is 757 g/mol. The van der Waals surface area contributed by atoms with Gasteiger partial charge in [-0.1, -0.05) is 170 Å². The second-order valence-electron chi connectivity index (χ2n) is 15.2. The first-order valence-corrected chi connectivity index (χ1v) is 20.7. The molecular weight excluding hydrogens is 723 g/mol. The normalized spacial score (nSPS) is 13.0. The molecule has 0 amide bonds. The van der Waals surface area contributed by atoms with E-state index in [1.54, 1.807) is 0 Å². The van der Waals surface area contributed by atoms with E-state index >= 15 is 0 Å². The molecule has 11 aromatic rings. The lowest BCUT2D eigenvalue weighted by Crippen LogP contribution is -2.28. The molecule has 0 spiro atoms. The van der Waals surface area contributed by atoms with Gasteiger partial charge in [0.05, 0.1) is 11.1 Å². The van der Waals surface area contributed by atoms with Gasteiger partial charge >= 0.3 is 0 Å². The first kappa shape index (κ1) is 33.0. The number of benzene rings is 9. The Morgan fingerprint density at radius 3 is 1.88 bits per heavy atom. The fraction of sp³-hybridized carbons (Fsp3) is 0.0182. The molecule has 1 aliphatic rings. The highest BCUT2D eigenvalue weighted by Gasteiger charge is 2.46. The zero-order chi connectivity index (χ0) is 38.2. The SMILES string of the molecule is c1ccc(C2(c3ccccc3)c3ccccc3-c3cc(N(c4cccc(-c5cccc6c5sc5ccccc56)c4)c4cccc5c4oc4ccccc45)ccc32)cc1. The van der Waals surface area contributed by atoms with Crippen molar-refractivity contribution in [3.05, 3.63) is 235 Å². The highest BCUT2D eigenvalue weighted by molar-refractivity contribution is 7.26. The summed E-state index contributed by atoms with van der Waals surface area (Å²) < 4.78 is 9.38. The minimum atomic E-state index is -0.473. The van der Waals surface area contributed by atoms with E-state index in [2.05, 4.69) is 211 Å². The molecule has 12 rings (SSSR count). The predicted octanol–water partition coefficient (Wildman–Crippen LogP) is 15.5. The molecule has 0 N–H and O–H groups in total. The largest absolute Gasteiger partial charge is 0.454 e. The van der Waals surface area contributed by atoms with Gasteiger partial charge in [0.25, 0.3) is 0 Å². The van der Waals surface area contributed by atoms with Crippen molar-refractivity contribution in [2.24, 2.45) is 0 Å². The second kappa shape index (κ2) is 12.9. The summed E-state index contributed by atoms with van der Waals surface area (Å²) >= 11 is 1.87. The van der Waals surface area contributed by atoms with E-state index < -0.39 is 5.41 Å². The first-order chi connectivity index (χ1) is 28.8. The number of furan rings is 1. The highest BCUT2D eigenvalue weighted by atomic mass is 32.1. The first-order valence-electron chi connectivity index (χ1n) is 19.8. The molecule has 0 bridgehead atoms. The smallest absolute Gasteiger partial charge is 0.159 e. The third-order valence-electron chi connectivity index (χ3n) is 12.1. The van der Waals surface area contributed by atoms with Crippen LogP contribution in [0.3, 0.4) is 0 Å². The quantitative estimate of drug-likeness (QED) is 0.168. The molecular formula is C55H35NOS. The topological polar surface area (TPSA) is 16.4 Å². The van der Waals surface area contributed by atoms with E-state index in [4.69, 9.17) is 4.42 Å². The Morgan fingerprint density at radius 2 is 1.03 bits per heavy atom. The summed E-state index contributed by atoms with van der Waals surface area (Å²) in [5.41, 5.74) is 14.4. The van der Waals surface area contributed by atoms with Crippen LogP contribution in [0.2, 0.25) is 0 Å². The van der Waals surface area contributed by atoms with Crippen molar-refractivity contribution < 1.29 is 4.42 Å². The molecule has 0 saturated carbocycles. The van der Waals surface area contributed by atoms with Crippen molar-refractivity contribution in [3.63, 3.8) is 0 Å². The third kappa shape index (κ3) is 4.78. The number of para-hydroxylation sites is 2. The molecule has 0 radical (unpaired) electrons. The van der Waals surface area contributed by atoms with E-state index in [0.717, 1.165) is 39.0 Å². The van der Waals surface area contributed by atoms with Crippen LogP contribution in [-0.2, 0) is 5.41 Å². The zero-order valence-corrected chi connectivity index (χ0v) is 32.3. The van der Waals surface area contributed by atoms with Crippen LogP contribution in [0.25, 0.3) is 64.4 Å². The van der Waals surface area contributed by atoms with Gasteiger partial charge in [-0.3, -0.25) is 0 Å². The third-order valence-corrected chi connectivity index (χ3v) is 13.4. The molecule has 0 unspecified atom stereocenters. The van der Waals surface area contributed by atoms with Gasteiger partial charge in [-0.15, -0.1) is 11.3 Å². The molecule has 2 heterocycles. The van der Waals surface area contributed by atoms with Crippen molar-refractivity contribution in [2.75, 3.05) is 4.90 Å². The number of thiophene rings is 1. The highest BCUT2D eigenvalue weighted by Crippen LogP contribution is 2.57. The van der Waals surface area contributed by atoms with Crippen LogP contribution in [0.4, 0.5) is 17.1 Å². The summed E-state index contributed by atoms with van der Waals surface area (Å²) in [5, 5.41) is 4.81. The lowest BCUT2D eigenvalue weighted by atomic mass is 9.68. The molecule has 2 aromatic heterocycles. The fourth-order valence-corrected chi connectivity index (χ4v) is 10.9. The molecule has 0 fully saturated rings. The maximum absolute atomic E-state index is 6.77. The summed E-state index contributed by atoms with van der Waals surface area (Å²) in [5.74, 6) is 0. The minimum Gasteiger partial charge on any atom is -0.454 e. The zero-order valence-electron chi connectivity index (χ0n) is 31.5. The van der Waals surface area contributed by atoms with Gasteiger partial charge < -0.3 is 9.32 Å². The second-order valence-corrected chi connectivity index (χ2v) is 16.2. The maximum atomic E-state index is 6.77. The Bertz CT molecular complexity index is 3320. The molecule has 0 atom stereocenters. The number of rotatable bonds is 6. The Morgan fingerprint density at radius 1 is 0.414 bits per heavy atom. The van der Waals surface area contributed by atoms with E-state index in [1.807, 2.05) is 17.4 Å². The van der Waals surface area contributed by atoms with Crippen LogP contribution in [-0.4, -0.2) is 0 Å². The van der Waals surface area contributed by atoms with Crippen LogP contribution in [0.5, 0.6) is 0 Å². The molecule has 0 aliphatic heterocycles. The van der Waals surface area contributed by atoms with Crippen molar-refractivity contribution in [1.29, 1.82) is 0 Å². The van der Waals surface area contributed by atoms with Gasteiger partial charge in [-0.25, -0.2) is 0 Å². The van der Waals surface area contributed by atoms with Crippen molar-refractivity contribution in [2.45, 2.75) is 5.41 Å². The number of hydrogen-bond donors (Lipinski definition) is 0. The molecule has 0 saturated heterocycles. The van der Waals surface area contributed by atoms with E-state index in [-0.39, 0.29) is 0 Å². The van der Waals surface area contributed by atoms with Gasteiger partial charge in [-0.2, -0.15) is 0 Å². The Balaban J connectivity index is 1.12. The van der Waals surface area contributed by atoms with Crippen LogP contribution in [0, 0.1) is 0 Å². The van der Waals surface area contributed by atoms with Crippen LogP contribution in [0.15, 0.2) is 217 Å². The summed E-state index contributed by atoms with van der Waals surface area (Å²) in [6.07, 6.45) is 0. The summed E-state index contributed by atoms with van der Waals surface area (Å²) in [4.78, 5) is 2.40. The Kier molecular flexibility index (Phi) is 7.35. The Labute approximate surface area is 340 Å². The van der Waals surface area contributed by atoms with Crippen LogP contribution >= 0.6 is 11.3 Å². The standard InChI is InChI=1S/C55H35NOS/c1-3-17-37(18-4-1)55(38-19-5-2-6-20-38)48-28-10-7-22-42(48)47-35-40(32-33-49(47)55)56(50-29-15-26-45-43-23-8-11-30-51(43)57-53(45)50)39-21-13-16-36(34-39)41-25-14-27-46-44-24-9-12-31-52(44)58-54(41)46/h1-35H. The van der Waals surface area contributed by atoms with Crippen LogP contribution < -0.4 is 4.90 Å². The van der Waals surface area contributed by atoms with Gasteiger partial charge in [0.1, 0.15) is 5.58 Å². The lowest BCUT2D eigenvalue weighted by Gasteiger charge is -2.34. The Hall–Kier alpha value is -7.20. The van der Waals surface area contributed by atoms with Gasteiger partial charge in [-0.05, 0) is 87.0 Å². The van der Waals surface area contributed by atoms with Gasteiger partial charge in [0, 0.05) is 42.3 Å². The predicted molar refractivity (Wildman–Crippen MR) is 244 cm³/mol. The summed E-state index contributed by atoms with van der Waals surface area (Å²) in [7, 11) is 0. The maximum Gasteiger partial charge on any atom is 0.159 e. The summed E-state index contributed by atoms with van der Waals surface area (Å²) in [6, 6.07) is 77.4. The summed E-state index contributed by atoms with van der Waals surface area (Å²) in [6.45, 7) is 0. The lowest BCUT2D eigenvalue weighted by molar-refractivity contribution is 0.669. The molecule has 2 nitrogen and oxygen atoms in total. The molecule has 58 heavy (non-hydrogen) atoms. The number of nitrogens with zero attached hydrogens (tertiary/aromatic N) is 1. The van der Waals surface area contributed by atoms with E-state index in [9.17, 15) is 0 Å². The van der Waals surface area contributed by atoms with Crippen molar-refractivity contribution in [1.82, 2.24) is 0 Å². The van der Waals surface area contributed by atoms with Gasteiger partial charge in [0.15, 0.2) is 5.58 Å². The number of anilines is 3. The molecule has 9 aromatic carbocycles. The number of hydrogen-bond acceptors (Lipinski definition) is 3. The van der Waals surface area contributed by atoms with E-state index in [0.29, 0.717) is 0 Å². The van der Waals surface area contributed by atoms with Crippen molar-refractivity contribution in [3.8, 4) is 22.3 Å². The fourth-order valence-electron chi connectivity index (χ4n) is 9.70. The average Bonchev–Trinajstić information content (AvgIpc) is 3.96. The van der Waals surface area contributed by atoms with Gasteiger partial charge in [0.2, 0.25) is 0 Å². The average molecular weight is 758 g/mol. The van der Waals surface area contributed by atoms with Crippen molar-refractivity contribution >= 4 is 70.5 Å². The molecule has 272 valence electrons.